The van der Waals surface area contributed by atoms with Gasteiger partial charge >= 0.3 is 0 Å². The number of hydrogen-bond donors (Lipinski definition) is 3. The number of pyridine rings is 1. The van der Waals surface area contributed by atoms with Crippen molar-refractivity contribution in [1.82, 2.24) is 9.71 Å². The monoisotopic (exact) mass is 365 g/mol. The third-order valence-electron chi connectivity index (χ3n) is 3.49. The Labute approximate surface area is 145 Å². The van der Waals surface area contributed by atoms with Crippen LogP contribution in [-0.4, -0.2) is 13.4 Å². The molecule has 3 aromatic rings. The van der Waals surface area contributed by atoms with Gasteiger partial charge in [-0.2, -0.15) is 13.1 Å². The predicted molar refractivity (Wildman–Crippen MR) is 97.2 cm³/mol. The predicted octanol–water partition coefficient (Wildman–Crippen LogP) is 1.91. The fourth-order valence-corrected chi connectivity index (χ4v) is 2.80. The van der Waals surface area contributed by atoms with Gasteiger partial charge in [-0.25, -0.2) is 5.14 Å². The number of H-pyrrole nitrogens is 1. The van der Waals surface area contributed by atoms with Gasteiger partial charge < -0.3 is 4.98 Å². The minimum atomic E-state index is -3.71. The molecule has 0 bridgehead atoms. The van der Waals surface area contributed by atoms with Gasteiger partial charge in [0.2, 0.25) is 5.56 Å². The van der Waals surface area contributed by atoms with Crippen LogP contribution in [0.1, 0.15) is 5.56 Å². The van der Waals surface area contributed by atoms with Crippen LogP contribution < -0.4 is 15.4 Å². The van der Waals surface area contributed by atoms with Crippen LogP contribution in [0.4, 0.5) is 0 Å². The van der Waals surface area contributed by atoms with Crippen molar-refractivity contribution in [2.75, 3.05) is 0 Å². The summed E-state index contributed by atoms with van der Waals surface area (Å²) in [6, 6.07) is 16.4. The maximum absolute atomic E-state index is 11.8. The second kappa shape index (κ2) is 7.14. The summed E-state index contributed by atoms with van der Waals surface area (Å²) in [5.74, 6) is 0. The second-order valence-electron chi connectivity index (χ2n) is 5.16. The Hall–Kier alpha value is -2.19. The summed E-state index contributed by atoms with van der Waals surface area (Å²) in [5, 5.41) is 5.85. The molecule has 3 rings (SSSR count). The molecular formula is C16H16ClN3O3S. The SMILES string of the molecule is Cl.NS(=O)(=O)NCc1ccc(-c2cc(=O)[nH]c3ccccc23)cc1. The number of rotatable bonds is 4. The zero-order valence-electron chi connectivity index (χ0n) is 12.5. The lowest BCUT2D eigenvalue weighted by atomic mass is 10.0. The van der Waals surface area contributed by atoms with Crippen molar-refractivity contribution >= 4 is 33.5 Å². The molecule has 1 aromatic heterocycles. The number of aromatic amines is 1. The number of nitrogens with one attached hydrogen (secondary N) is 2. The van der Waals surface area contributed by atoms with Crippen LogP contribution in [-0.2, 0) is 16.8 Å². The van der Waals surface area contributed by atoms with Gasteiger partial charge in [0.05, 0.1) is 0 Å². The molecule has 0 saturated carbocycles. The summed E-state index contributed by atoms with van der Waals surface area (Å²) >= 11 is 0. The average molecular weight is 366 g/mol. The standard InChI is InChI=1S/C16H15N3O3S.ClH/c17-23(21,22)18-10-11-5-7-12(8-6-11)14-9-16(20)19-15-4-2-1-3-13(14)15;/h1-9,18H,10H2,(H,19,20)(H2,17,21,22);1H. The van der Waals surface area contributed by atoms with Crippen LogP contribution in [0.15, 0.2) is 59.4 Å². The van der Waals surface area contributed by atoms with E-state index in [4.69, 9.17) is 5.14 Å². The Morgan fingerprint density at radius 1 is 1.04 bits per heavy atom. The quantitative estimate of drug-likeness (QED) is 0.657. The van der Waals surface area contributed by atoms with Gasteiger partial charge in [-0.3, -0.25) is 4.79 Å². The third kappa shape index (κ3) is 4.21. The Bertz CT molecular complexity index is 1010. The highest BCUT2D eigenvalue weighted by molar-refractivity contribution is 7.87. The van der Waals surface area contributed by atoms with Gasteiger partial charge in [0.25, 0.3) is 10.2 Å². The minimum Gasteiger partial charge on any atom is -0.322 e. The highest BCUT2D eigenvalue weighted by Crippen LogP contribution is 2.26. The summed E-state index contributed by atoms with van der Waals surface area (Å²) in [4.78, 5) is 14.6. The van der Waals surface area contributed by atoms with Crippen LogP contribution in [0, 0.1) is 0 Å². The molecular weight excluding hydrogens is 350 g/mol. The third-order valence-corrected chi connectivity index (χ3v) is 4.04. The van der Waals surface area contributed by atoms with Gasteiger partial charge in [-0.05, 0) is 22.8 Å². The normalized spacial score (nSPS) is 11.2. The first-order chi connectivity index (χ1) is 10.9. The molecule has 0 amide bonds. The zero-order valence-corrected chi connectivity index (χ0v) is 14.2. The van der Waals surface area contributed by atoms with Crippen molar-refractivity contribution in [2.24, 2.45) is 5.14 Å². The molecule has 24 heavy (non-hydrogen) atoms. The molecule has 2 aromatic carbocycles. The van der Waals surface area contributed by atoms with E-state index in [0.717, 1.165) is 27.6 Å². The van der Waals surface area contributed by atoms with Gasteiger partial charge in [0.1, 0.15) is 0 Å². The highest BCUT2D eigenvalue weighted by atomic mass is 35.5. The van der Waals surface area contributed by atoms with Crippen molar-refractivity contribution in [2.45, 2.75) is 6.54 Å². The number of halogens is 1. The first-order valence-corrected chi connectivity index (χ1v) is 8.46. The van der Waals surface area contributed by atoms with Gasteiger partial charge in [0, 0.05) is 23.5 Å². The Morgan fingerprint density at radius 2 is 1.71 bits per heavy atom. The number of fused-ring (bicyclic) bond motifs is 1. The van der Waals surface area contributed by atoms with Crippen LogP contribution in [0.5, 0.6) is 0 Å². The first kappa shape index (κ1) is 18.2. The lowest BCUT2D eigenvalue weighted by molar-refractivity contribution is 0.583. The zero-order chi connectivity index (χ0) is 16.4. The molecule has 0 radical (unpaired) electrons. The van der Waals surface area contributed by atoms with Crippen LogP contribution in [0.3, 0.4) is 0 Å². The van der Waals surface area contributed by atoms with Crippen LogP contribution >= 0.6 is 12.4 Å². The maximum Gasteiger partial charge on any atom is 0.274 e. The molecule has 0 fully saturated rings. The number of benzene rings is 2. The highest BCUT2D eigenvalue weighted by Gasteiger charge is 2.06. The van der Waals surface area contributed by atoms with E-state index >= 15 is 0 Å². The summed E-state index contributed by atoms with van der Waals surface area (Å²) < 4.78 is 24.0. The molecule has 8 heteroatoms. The minimum absolute atomic E-state index is 0. The lowest BCUT2D eigenvalue weighted by Crippen LogP contribution is -2.30. The molecule has 126 valence electrons. The van der Waals surface area contributed by atoms with E-state index in [-0.39, 0.29) is 24.5 Å². The number of para-hydroxylation sites is 1. The molecule has 1 heterocycles. The average Bonchev–Trinajstić information content (AvgIpc) is 2.52. The van der Waals surface area contributed by atoms with E-state index in [1.165, 1.54) is 0 Å². The summed E-state index contributed by atoms with van der Waals surface area (Å²) in [5.41, 5.74) is 3.09. The fraction of sp³-hybridized carbons (Fsp3) is 0.0625. The van der Waals surface area contributed by atoms with E-state index in [9.17, 15) is 13.2 Å². The first-order valence-electron chi connectivity index (χ1n) is 6.91. The van der Waals surface area contributed by atoms with Crippen molar-refractivity contribution < 1.29 is 8.42 Å². The molecule has 0 aliphatic carbocycles. The number of aromatic nitrogens is 1. The van der Waals surface area contributed by atoms with Crippen molar-refractivity contribution in [3.63, 3.8) is 0 Å². The van der Waals surface area contributed by atoms with E-state index < -0.39 is 10.2 Å². The van der Waals surface area contributed by atoms with Crippen LogP contribution in [0.25, 0.3) is 22.0 Å². The van der Waals surface area contributed by atoms with Gasteiger partial charge in [-0.1, -0.05) is 42.5 Å². The molecule has 0 unspecified atom stereocenters. The van der Waals surface area contributed by atoms with Gasteiger partial charge in [-0.15, -0.1) is 12.4 Å². The van der Waals surface area contributed by atoms with E-state index in [1.807, 2.05) is 36.4 Å². The van der Waals surface area contributed by atoms with E-state index in [1.54, 1.807) is 18.2 Å². The molecule has 0 aliphatic heterocycles. The Balaban J connectivity index is 0.00000208. The largest absolute Gasteiger partial charge is 0.322 e. The summed E-state index contributed by atoms with van der Waals surface area (Å²) in [7, 11) is -3.71. The van der Waals surface area contributed by atoms with E-state index in [0.29, 0.717) is 0 Å². The Morgan fingerprint density at radius 3 is 2.38 bits per heavy atom. The topological polar surface area (TPSA) is 105 Å². The lowest BCUT2D eigenvalue weighted by Gasteiger charge is -2.08. The molecule has 0 saturated heterocycles. The summed E-state index contributed by atoms with van der Waals surface area (Å²) in [6.45, 7) is 0.120. The van der Waals surface area contributed by atoms with Crippen molar-refractivity contribution in [3.8, 4) is 11.1 Å². The number of hydrogen-bond acceptors (Lipinski definition) is 3. The molecule has 0 aliphatic rings. The number of nitrogens with two attached hydrogens (primary N) is 1. The maximum atomic E-state index is 11.8. The van der Waals surface area contributed by atoms with E-state index in [2.05, 4.69) is 9.71 Å². The molecule has 4 N–H and O–H groups in total. The van der Waals surface area contributed by atoms with Gasteiger partial charge in [0.15, 0.2) is 0 Å². The Kier molecular flexibility index (Phi) is 5.40. The fourth-order valence-electron chi connectivity index (χ4n) is 2.43. The van der Waals surface area contributed by atoms with Crippen molar-refractivity contribution in [3.05, 3.63) is 70.5 Å². The summed E-state index contributed by atoms with van der Waals surface area (Å²) in [6.07, 6.45) is 0. The molecule has 6 nitrogen and oxygen atoms in total. The smallest absolute Gasteiger partial charge is 0.274 e. The molecule has 0 atom stereocenters. The molecule has 0 spiro atoms. The van der Waals surface area contributed by atoms with Crippen molar-refractivity contribution in [1.29, 1.82) is 0 Å². The second-order valence-corrected chi connectivity index (χ2v) is 6.53. The van der Waals surface area contributed by atoms with Crippen LogP contribution in [0.2, 0.25) is 0 Å².